The Bertz CT molecular complexity index is 1020. The molecule has 4 heteroatoms. The Morgan fingerprint density at radius 1 is 0.969 bits per heavy atom. The van der Waals surface area contributed by atoms with Crippen LogP contribution in [0.2, 0.25) is 0 Å². The van der Waals surface area contributed by atoms with E-state index in [-0.39, 0.29) is 29.1 Å². The van der Waals surface area contributed by atoms with Gasteiger partial charge in [-0.3, -0.25) is 9.59 Å². The molecule has 168 valence electrons. The van der Waals surface area contributed by atoms with Crippen molar-refractivity contribution >= 4 is 17.4 Å². The topological polar surface area (TPSA) is 46.6 Å². The van der Waals surface area contributed by atoms with Gasteiger partial charge in [-0.1, -0.05) is 49.6 Å². The van der Waals surface area contributed by atoms with Crippen molar-refractivity contribution in [1.82, 2.24) is 0 Å². The summed E-state index contributed by atoms with van der Waals surface area (Å²) in [5.41, 5.74) is 5.56. The third kappa shape index (κ3) is 3.69. The van der Waals surface area contributed by atoms with Crippen molar-refractivity contribution in [1.29, 1.82) is 0 Å². The number of hydrogen-bond donors (Lipinski definition) is 0. The van der Waals surface area contributed by atoms with E-state index in [0.29, 0.717) is 0 Å². The monoisotopic (exact) mass is 431 g/mol. The highest BCUT2D eigenvalue weighted by atomic mass is 16.5. The van der Waals surface area contributed by atoms with E-state index < -0.39 is 0 Å². The van der Waals surface area contributed by atoms with Crippen LogP contribution in [0.1, 0.15) is 74.2 Å². The standard InChI is InChI=1S/C28H33NO3/c1-19(30)20-8-10-21(11-9-20)22-12-13-26-25(17-22)28(14-3-4-15-28)18-29(26)27(31)23-6-5-7-24(16-23)32-2/h8-13,17,23-24H,3-7,14-16,18H2,1-2H3. The fraction of sp³-hybridized carbons (Fsp3) is 0.500. The molecule has 1 heterocycles. The Hall–Kier alpha value is -2.46. The Labute approximate surface area is 191 Å². The van der Waals surface area contributed by atoms with Gasteiger partial charge in [0.05, 0.1) is 6.10 Å². The highest BCUT2D eigenvalue weighted by Gasteiger charge is 2.47. The number of rotatable bonds is 4. The van der Waals surface area contributed by atoms with Crippen molar-refractivity contribution in [3.8, 4) is 11.1 Å². The number of fused-ring (bicyclic) bond motifs is 2. The second-order valence-corrected chi connectivity index (χ2v) is 10.00. The molecule has 0 aromatic heterocycles. The summed E-state index contributed by atoms with van der Waals surface area (Å²) in [6, 6.07) is 14.5. The van der Waals surface area contributed by atoms with Gasteiger partial charge in [-0.2, -0.15) is 0 Å². The maximum Gasteiger partial charge on any atom is 0.230 e. The molecule has 0 bridgehead atoms. The zero-order chi connectivity index (χ0) is 22.3. The largest absolute Gasteiger partial charge is 0.381 e. The van der Waals surface area contributed by atoms with Gasteiger partial charge in [-0.05, 0) is 67.9 Å². The van der Waals surface area contributed by atoms with Gasteiger partial charge in [-0.15, -0.1) is 0 Å². The number of hydrogen-bond acceptors (Lipinski definition) is 3. The molecule has 0 radical (unpaired) electrons. The first kappa shape index (κ1) is 21.4. The lowest BCUT2D eigenvalue weighted by Crippen LogP contribution is -2.41. The fourth-order valence-corrected chi connectivity index (χ4v) is 6.23. The summed E-state index contributed by atoms with van der Waals surface area (Å²) in [5.74, 6) is 0.440. The number of ether oxygens (including phenoxy) is 1. The molecule has 5 rings (SSSR count). The molecule has 2 aromatic rings. The molecule has 2 fully saturated rings. The maximum absolute atomic E-state index is 13.7. The summed E-state index contributed by atoms with van der Waals surface area (Å²) in [6.45, 7) is 2.42. The van der Waals surface area contributed by atoms with Crippen LogP contribution in [-0.4, -0.2) is 31.4 Å². The first-order chi connectivity index (χ1) is 15.5. The van der Waals surface area contributed by atoms with Crippen molar-refractivity contribution in [2.75, 3.05) is 18.6 Å². The third-order valence-electron chi connectivity index (χ3n) is 8.08. The van der Waals surface area contributed by atoms with Crippen LogP contribution in [0.5, 0.6) is 0 Å². The molecule has 0 saturated heterocycles. The molecule has 1 spiro atoms. The average molecular weight is 432 g/mol. The lowest BCUT2D eigenvalue weighted by molar-refractivity contribution is -0.124. The molecule has 2 saturated carbocycles. The van der Waals surface area contributed by atoms with Crippen LogP contribution in [0, 0.1) is 5.92 Å². The van der Waals surface area contributed by atoms with Gasteiger partial charge in [0.1, 0.15) is 0 Å². The minimum atomic E-state index is 0.0666. The van der Waals surface area contributed by atoms with E-state index in [1.165, 1.54) is 18.4 Å². The SMILES string of the molecule is COC1CCCC(C(=O)N2CC3(CCCC3)c3cc(-c4ccc(C(C)=O)cc4)ccc32)C1. The normalized spacial score (nSPS) is 24.0. The number of methoxy groups -OCH3 is 1. The molecule has 2 aliphatic carbocycles. The molecule has 1 amide bonds. The quantitative estimate of drug-likeness (QED) is 0.565. The van der Waals surface area contributed by atoms with Crippen LogP contribution in [0.25, 0.3) is 11.1 Å². The minimum absolute atomic E-state index is 0.0666. The molecule has 3 aliphatic rings. The van der Waals surface area contributed by atoms with E-state index in [2.05, 4.69) is 23.1 Å². The summed E-state index contributed by atoms with van der Waals surface area (Å²) in [6.07, 6.45) is 8.92. The van der Waals surface area contributed by atoms with Crippen LogP contribution >= 0.6 is 0 Å². The number of anilines is 1. The number of ketones is 1. The first-order valence-corrected chi connectivity index (χ1v) is 12.1. The van der Waals surface area contributed by atoms with E-state index in [1.54, 1.807) is 14.0 Å². The molecule has 32 heavy (non-hydrogen) atoms. The first-order valence-electron chi connectivity index (χ1n) is 12.1. The van der Waals surface area contributed by atoms with Gasteiger partial charge in [0.15, 0.2) is 5.78 Å². The van der Waals surface area contributed by atoms with E-state index in [4.69, 9.17) is 4.74 Å². The number of amides is 1. The molecule has 2 unspecified atom stereocenters. The van der Waals surface area contributed by atoms with Gasteiger partial charge < -0.3 is 9.64 Å². The summed E-state index contributed by atoms with van der Waals surface area (Å²) in [4.78, 5) is 27.4. The second-order valence-electron chi connectivity index (χ2n) is 10.00. The summed E-state index contributed by atoms with van der Waals surface area (Å²) < 4.78 is 5.59. The van der Waals surface area contributed by atoms with Crippen molar-refractivity contribution in [2.45, 2.75) is 69.8 Å². The average Bonchev–Trinajstić information content (AvgIpc) is 3.44. The van der Waals surface area contributed by atoms with Crippen LogP contribution in [-0.2, 0) is 14.9 Å². The van der Waals surface area contributed by atoms with Gasteiger partial charge in [0.25, 0.3) is 0 Å². The molecule has 4 nitrogen and oxygen atoms in total. The van der Waals surface area contributed by atoms with Crippen molar-refractivity contribution in [3.05, 3.63) is 53.6 Å². The van der Waals surface area contributed by atoms with Crippen molar-refractivity contribution in [2.24, 2.45) is 5.92 Å². The molecule has 1 aliphatic heterocycles. The zero-order valence-electron chi connectivity index (χ0n) is 19.2. The maximum atomic E-state index is 13.7. The van der Waals surface area contributed by atoms with E-state index in [0.717, 1.165) is 67.4 Å². The van der Waals surface area contributed by atoms with Gasteiger partial charge in [0, 0.05) is 36.2 Å². The van der Waals surface area contributed by atoms with Gasteiger partial charge >= 0.3 is 0 Å². The summed E-state index contributed by atoms with van der Waals surface area (Å²) in [7, 11) is 1.76. The van der Waals surface area contributed by atoms with E-state index in [9.17, 15) is 9.59 Å². The number of Topliss-reactive ketones (excluding diaryl/α,β-unsaturated/α-hetero) is 1. The highest BCUT2D eigenvalue weighted by molar-refractivity contribution is 5.98. The Balaban J connectivity index is 1.48. The lowest BCUT2D eigenvalue weighted by Gasteiger charge is -2.31. The lowest BCUT2D eigenvalue weighted by atomic mass is 9.80. The Kier molecular flexibility index (Phi) is 5.66. The number of carbonyl (C=O) groups is 2. The number of benzene rings is 2. The molecular formula is C28H33NO3. The Morgan fingerprint density at radius 2 is 1.69 bits per heavy atom. The van der Waals surface area contributed by atoms with Gasteiger partial charge in [0.2, 0.25) is 5.91 Å². The van der Waals surface area contributed by atoms with Crippen LogP contribution in [0.15, 0.2) is 42.5 Å². The smallest absolute Gasteiger partial charge is 0.230 e. The molecular weight excluding hydrogens is 398 g/mol. The molecule has 0 N–H and O–H groups in total. The second kappa shape index (κ2) is 8.47. The summed E-state index contributed by atoms with van der Waals surface area (Å²) >= 11 is 0. The minimum Gasteiger partial charge on any atom is -0.381 e. The van der Waals surface area contributed by atoms with Crippen LogP contribution in [0.4, 0.5) is 5.69 Å². The number of nitrogens with zero attached hydrogens (tertiary/aromatic N) is 1. The third-order valence-corrected chi connectivity index (χ3v) is 8.08. The van der Waals surface area contributed by atoms with Gasteiger partial charge in [-0.25, -0.2) is 0 Å². The molecule has 2 aromatic carbocycles. The van der Waals surface area contributed by atoms with Crippen molar-refractivity contribution in [3.63, 3.8) is 0 Å². The fourth-order valence-electron chi connectivity index (χ4n) is 6.23. The predicted octanol–water partition coefficient (Wildman–Crippen LogP) is 5.92. The summed E-state index contributed by atoms with van der Waals surface area (Å²) in [5, 5.41) is 0. The Morgan fingerprint density at radius 3 is 2.38 bits per heavy atom. The van der Waals surface area contributed by atoms with E-state index >= 15 is 0 Å². The highest BCUT2D eigenvalue weighted by Crippen LogP contribution is 2.52. The van der Waals surface area contributed by atoms with E-state index in [1.807, 2.05) is 24.3 Å². The number of carbonyl (C=O) groups excluding carboxylic acids is 2. The van der Waals surface area contributed by atoms with Crippen LogP contribution < -0.4 is 4.90 Å². The predicted molar refractivity (Wildman–Crippen MR) is 127 cm³/mol. The van der Waals surface area contributed by atoms with Crippen molar-refractivity contribution < 1.29 is 14.3 Å². The zero-order valence-corrected chi connectivity index (χ0v) is 19.2. The van der Waals surface area contributed by atoms with Crippen LogP contribution in [0.3, 0.4) is 0 Å². The molecule has 2 atom stereocenters.